The van der Waals surface area contributed by atoms with E-state index in [-0.39, 0.29) is 12.0 Å². The van der Waals surface area contributed by atoms with Crippen LogP contribution in [-0.2, 0) is 5.41 Å². The predicted octanol–water partition coefficient (Wildman–Crippen LogP) is 2.71. The molecule has 0 aromatic carbocycles. The van der Waals surface area contributed by atoms with Crippen LogP contribution in [0.3, 0.4) is 0 Å². The Morgan fingerprint density at radius 2 is 2.21 bits per heavy atom. The molecule has 0 aliphatic carbocycles. The van der Waals surface area contributed by atoms with Crippen LogP contribution >= 0.6 is 0 Å². The summed E-state index contributed by atoms with van der Waals surface area (Å²) in [6, 6.07) is 1.70. The fourth-order valence-electron chi connectivity index (χ4n) is 0.881. The summed E-state index contributed by atoms with van der Waals surface area (Å²) in [6.07, 6.45) is -0.996. The summed E-state index contributed by atoms with van der Waals surface area (Å²) in [5.41, 5.74) is -0.101. The molecule has 0 aliphatic rings. The Balaban J connectivity index is 2.60. The molecule has 0 fully saturated rings. The van der Waals surface area contributed by atoms with Gasteiger partial charge in [-0.25, -0.2) is 4.39 Å². The van der Waals surface area contributed by atoms with E-state index in [1.165, 1.54) is 6.92 Å². The molecule has 0 saturated carbocycles. The fraction of sp³-hybridized carbons (Fsp3) is 0.700. The highest BCUT2D eigenvalue weighted by atomic mass is 19.1. The predicted molar refractivity (Wildman–Crippen MR) is 51.3 cm³/mol. The maximum absolute atomic E-state index is 12.4. The van der Waals surface area contributed by atoms with Crippen molar-refractivity contribution < 1.29 is 13.7 Å². The Morgan fingerprint density at radius 3 is 2.64 bits per heavy atom. The molecule has 4 heteroatoms. The summed E-state index contributed by atoms with van der Waals surface area (Å²) in [5, 5.41) is 3.69. The molecule has 0 saturated heterocycles. The lowest BCUT2D eigenvalue weighted by atomic mass is 9.94. The Hall–Kier alpha value is -1.06. The molecule has 1 unspecified atom stereocenters. The zero-order chi connectivity index (χ0) is 10.8. The molecule has 1 aromatic rings. The smallest absolute Gasteiger partial charge is 0.254 e. The zero-order valence-corrected chi connectivity index (χ0v) is 9.00. The second-order valence-electron chi connectivity index (χ2n) is 4.37. The van der Waals surface area contributed by atoms with Gasteiger partial charge in [-0.15, -0.1) is 0 Å². The number of hydrogen-bond donors (Lipinski definition) is 0. The van der Waals surface area contributed by atoms with Gasteiger partial charge >= 0.3 is 0 Å². The van der Waals surface area contributed by atoms with E-state index in [4.69, 9.17) is 9.26 Å². The molecule has 1 aromatic heterocycles. The van der Waals surface area contributed by atoms with Crippen LogP contribution in [0.4, 0.5) is 4.39 Å². The normalized spacial score (nSPS) is 14.1. The highest BCUT2D eigenvalue weighted by Crippen LogP contribution is 2.25. The third kappa shape index (κ3) is 3.01. The summed E-state index contributed by atoms with van der Waals surface area (Å²) < 4.78 is 22.6. The molecule has 0 N–H and O–H groups in total. The molecule has 1 rings (SSSR count). The quantitative estimate of drug-likeness (QED) is 0.754. The van der Waals surface area contributed by atoms with E-state index < -0.39 is 6.17 Å². The lowest BCUT2D eigenvalue weighted by molar-refractivity contribution is 0.194. The summed E-state index contributed by atoms with van der Waals surface area (Å²) in [5.74, 6) is 1.08. The van der Waals surface area contributed by atoms with Gasteiger partial charge in [0, 0.05) is 11.5 Å². The van der Waals surface area contributed by atoms with Gasteiger partial charge in [-0.05, 0) is 12.1 Å². The lowest BCUT2D eigenvalue weighted by Crippen LogP contribution is -2.10. The number of ether oxygens (including phenoxy) is 1. The number of rotatable bonds is 3. The Bertz CT molecular complexity index is 289. The minimum Gasteiger partial charge on any atom is -0.472 e. The van der Waals surface area contributed by atoms with Crippen molar-refractivity contribution in [3.63, 3.8) is 0 Å². The van der Waals surface area contributed by atoms with Gasteiger partial charge in [0.05, 0.1) is 0 Å². The minimum absolute atomic E-state index is 0.0100. The first-order valence-corrected chi connectivity index (χ1v) is 4.63. The van der Waals surface area contributed by atoms with Crippen molar-refractivity contribution >= 4 is 0 Å². The summed E-state index contributed by atoms with van der Waals surface area (Å²) in [6.45, 7) is 7.47. The van der Waals surface area contributed by atoms with E-state index in [0.717, 1.165) is 5.76 Å². The Labute approximate surface area is 83.2 Å². The SMILES string of the molecule is CC(F)COc1cc(C(C)(C)C)on1. The highest BCUT2D eigenvalue weighted by Gasteiger charge is 2.20. The molecule has 0 aliphatic heterocycles. The first kappa shape index (κ1) is 11.0. The van der Waals surface area contributed by atoms with Crippen molar-refractivity contribution in [2.24, 2.45) is 0 Å². The van der Waals surface area contributed by atoms with E-state index in [1.807, 2.05) is 20.8 Å². The number of alkyl halides is 1. The van der Waals surface area contributed by atoms with Crippen LogP contribution in [0, 0.1) is 0 Å². The minimum atomic E-state index is -0.996. The molecule has 0 radical (unpaired) electrons. The zero-order valence-electron chi connectivity index (χ0n) is 9.00. The summed E-state index contributed by atoms with van der Waals surface area (Å²) in [4.78, 5) is 0. The molecular weight excluding hydrogens is 185 g/mol. The van der Waals surface area contributed by atoms with Gasteiger partial charge in [0.2, 0.25) is 0 Å². The molecule has 0 spiro atoms. The van der Waals surface area contributed by atoms with Crippen LogP contribution in [-0.4, -0.2) is 17.9 Å². The van der Waals surface area contributed by atoms with Crippen molar-refractivity contribution in [2.45, 2.75) is 39.3 Å². The van der Waals surface area contributed by atoms with Crippen molar-refractivity contribution in [1.29, 1.82) is 0 Å². The molecule has 1 heterocycles. The van der Waals surface area contributed by atoms with Crippen molar-refractivity contribution in [2.75, 3.05) is 6.61 Å². The van der Waals surface area contributed by atoms with Gasteiger partial charge in [0.25, 0.3) is 5.88 Å². The average Bonchev–Trinajstić information content (AvgIpc) is 2.47. The number of aromatic nitrogens is 1. The molecule has 80 valence electrons. The van der Waals surface area contributed by atoms with E-state index in [2.05, 4.69) is 5.16 Å². The van der Waals surface area contributed by atoms with Gasteiger partial charge in [-0.1, -0.05) is 20.8 Å². The van der Waals surface area contributed by atoms with E-state index in [9.17, 15) is 4.39 Å². The van der Waals surface area contributed by atoms with Crippen molar-refractivity contribution in [3.05, 3.63) is 11.8 Å². The summed E-state index contributed by atoms with van der Waals surface area (Å²) in [7, 11) is 0. The summed E-state index contributed by atoms with van der Waals surface area (Å²) >= 11 is 0. The third-order valence-electron chi connectivity index (χ3n) is 1.69. The maximum atomic E-state index is 12.4. The second kappa shape index (κ2) is 3.98. The highest BCUT2D eigenvalue weighted by molar-refractivity contribution is 5.17. The van der Waals surface area contributed by atoms with Crippen LogP contribution in [0.5, 0.6) is 5.88 Å². The van der Waals surface area contributed by atoms with Crippen LogP contribution in [0.2, 0.25) is 0 Å². The molecular formula is C10H16FNO2. The number of nitrogens with zero attached hydrogens (tertiary/aromatic N) is 1. The number of halogens is 1. The van der Waals surface area contributed by atoms with Gasteiger partial charge in [0.1, 0.15) is 18.5 Å². The maximum Gasteiger partial charge on any atom is 0.254 e. The molecule has 3 nitrogen and oxygen atoms in total. The monoisotopic (exact) mass is 201 g/mol. The molecule has 14 heavy (non-hydrogen) atoms. The second-order valence-corrected chi connectivity index (χ2v) is 4.37. The number of hydrogen-bond acceptors (Lipinski definition) is 3. The van der Waals surface area contributed by atoms with Crippen molar-refractivity contribution in [3.8, 4) is 5.88 Å². The van der Waals surface area contributed by atoms with E-state index in [0.29, 0.717) is 5.88 Å². The van der Waals surface area contributed by atoms with E-state index >= 15 is 0 Å². The van der Waals surface area contributed by atoms with Gasteiger partial charge in [-0.2, -0.15) is 0 Å². The standard InChI is InChI=1S/C10H16FNO2/c1-7(11)6-13-9-5-8(14-12-9)10(2,3)4/h5,7H,6H2,1-4H3. The fourth-order valence-corrected chi connectivity index (χ4v) is 0.881. The lowest BCUT2D eigenvalue weighted by Gasteiger charge is -2.11. The topological polar surface area (TPSA) is 35.3 Å². The van der Waals surface area contributed by atoms with E-state index in [1.54, 1.807) is 6.07 Å². The molecule has 0 amide bonds. The first-order chi connectivity index (χ1) is 6.39. The van der Waals surface area contributed by atoms with Gasteiger partial charge in [-0.3, -0.25) is 0 Å². The van der Waals surface area contributed by atoms with Crippen LogP contribution < -0.4 is 4.74 Å². The van der Waals surface area contributed by atoms with Crippen LogP contribution in [0.15, 0.2) is 10.6 Å². The Morgan fingerprint density at radius 1 is 1.57 bits per heavy atom. The van der Waals surface area contributed by atoms with Crippen molar-refractivity contribution in [1.82, 2.24) is 5.16 Å². The first-order valence-electron chi connectivity index (χ1n) is 4.63. The Kier molecular flexibility index (Phi) is 3.13. The largest absolute Gasteiger partial charge is 0.472 e. The van der Waals surface area contributed by atoms with Gasteiger partial charge < -0.3 is 9.26 Å². The van der Waals surface area contributed by atoms with Gasteiger partial charge in [0.15, 0.2) is 0 Å². The third-order valence-corrected chi connectivity index (χ3v) is 1.69. The van der Waals surface area contributed by atoms with Crippen LogP contribution in [0.1, 0.15) is 33.5 Å². The molecule has 0 bridgehead atoms. The molecule has 1 atom stereocenters. The average molecular weight is 201 g/mol. The van der Waals surface area contributed by atoms with Crippen LogP contribution in [0.25, 0.3) is 0 Å².